The zero-order valence-corrected chi connectivity index (χ0v) is 18.0. The molecule has 1 aliphatic rings. The Balaban J connectivity index is 2.03. The second-order valence-electron chi connectivity index (χ2n) is 6.30. The second-order valence-corrected chi connectivity index (χ2v) is 12.7. The zero-order chi connectivity index (χ0) is 20.0. The molecule has 146 valence electrons. The zero-order valence-electron chi connectivity index (χ0n) is 14.1. The van der Waals surface area contributed by atoms with Crippen molar-refractivity contribution in [2.75, 3.05) is 0 Å². The molecule has 27 heavy (non-hydrogen) atoms. The highest BCUT2D eigenvalue weighted by Gasteiger charge is 2.66. The minimum atomic E-state index is -4.39. The fourth-order valence-corrected chi connectivity index (χ4v) is 9.14. The summed E-state index contributed by atoms with van der Waals surface area (Å²) in [5.74, 6) is 0. The van der Waals surface area contributed by atoms with Crippen molar-refractivity contribution in [1.82, 2.24) is 3.71 Å². The van der Waals surface area contributed by atoms with Crippen LogP contribution in [0.25, 0.3) is 0 Å². The molecule has 0 spiro atoms. The van der Waals surface area contributed by atoms with Crippen molar-refractivity contribution in [2.24, 2.45) is 0 Å². The third kappa shape index (κ3) is 3.86. The van der Waals surface area contributed by atoms with Crippen molar-refractivity contribution in [1.29, 1.82) is 0 Å². The molecule has 0 bridgehead atoms. The molecule has 2 aromatic rings. The standard InChI is InChI=1S/C17H16Cl3NO4S2/c1-12-7-9-14(10-8-12)26(22,23)21-16(17(18,19)20)15(27(21,24)25)11-13-5-3-2-4-6-13/h2-10,15-16H,11H2,1H3/t15-,16+/m1/s1. The summed E-state index contributed by atoms with van der Waals surface area (Å²) in [7, 11) is -8.61. The van der Waals surface area contributed by atoms with E-state index < -0.39 is 35.1 Å². The first-order chi connectivity index (χ1) is 12.5. The van der Waals surface area contributed by atoms with E-state index in [1.807, 2.05) is 0 Å². The number of aryl methyl sites for hydroxylation is 1. The van der Waals surface area contributed by atoms with E-state index in [4.69, 9.17) is 34.8 Å². The molecule has 5 nitrogen and oxygen atoms in total. The molecular formula is C17H16Cl3NO4S2. The van der Waals surface area contributed by atoms with E-state index in [9.17, 15) is 16.8 Å². The Kier molecular flexibility index (Phi) is 5.58. The number of hydrogen-bond acceptors (Lipinski definition) is 4. The molecule has 1 fully saturated rings. The van der Waals surface area contributed by atoms with E-state index in [-0.39, 0.29) is 11.3 Å². The number of halogens is 3. The summed E-state index contributed by atoms with van der Waals surface area (Å²) in [5, 5.41) is -1.16. The van der Waals surface area contributed by atoms with Crippen LogP contribution in [0.3, 0.4) is 0 Å². The Morgan fingerprint density at radius 1 is 1.00 bits per heavy atom. The Labute approximate surface area is 173 Å². The smallest absolute Gasteiger partial charge is 0.211 e. The number of sulfonamides is 2. The van der Waals surface area contributed by atoms with Gasteiger partial charge < -0.3 is 0 Å². The molecular weight excluding hydrogens is 453 g/mol. The van der Waals surface area contributed by atoms with Gasteiger partial charge in [0.1, 0.15) is 11.3 Å². The van der Waals surface area contributed by atoms with Crippen molar-refractivity contribution < 1.29 is 16.8 Å². The summed E-state index contributed by atoms with van der Waals surface area (Å²) >= 11 is 18.0. The van der Waals surface area contributed by atoms with Crippen LogP contribution >= 0.6 is 34.8 Å². The minimum Gasteiger partial charge on any atom is -0.211 e. The van der Waals surface area contributed by atoms with Gasteiger partial charge in [0.15, 0.2) is 0 Å². The first kappa shape index (κ1) is 20.9. The highest BCUT2D eigenvalue weighted by atomic mass is 35.6. The lowest BCUT2D eigenvalue weighted by molar-refractivity contribution is 0.338. The molecule has 0 saturated carbocycles. The van der Waals surface area contributed by atoms with Gasteiger partial charge in [0.2, 0.25) is 13.8 Å². The molecule has 2 atom stereocenters. The summed E-state index contributed by atoms with van der Waals surface area (Å²) in [6, 6.07) is 13.3. The fourth-order valence-electron chi connectivity index (χ4n) is 3.02. The van der Waals surface area contributed by atoms with Gasteiger partial charge in [-0.1, -0.05) is 86.5 Å². The monoisotopic (exact) mass is 467 g/mol. The summed E-state index contributed by atoms with van der Waals surface area (Å²) in [5.41, 5.74) is 1.54. The van der Waals surface area contributed by atoms with Gasteiger partial charge in [0, 0.05) is 0 Å². The topological polar surface area (TPSA) is 71.5 Å². The van der Waals surface area contributed by atoms with E-state index in [2.05, 4.69) is 0 Å². The molecule has 0 aliphatic carbocycles. The van der Waals surface area contributed by atoms with Gasteiger partial charge in [-0.2, -0.15) is 0 Å². The Morgan fingerprint density at radius 3 is 2.07 bits per heavy atom. The average molecular weight is 469 g/mol. The first-order valence-electron chi connectivity index (χ1n) is 7.91. The predicted octanol–water partition coefficient (Wildman–Crippen LogP) is 3.68. The van der Waals surface area contributed by atoms with Crippen LogP contribution in [0.4, 0.5) is 0 Å². The van der Waals surface area contributed by atoms with E-state index in [1.165, 1.54) is 12.1 Å². The van der Waals surface area contributed by atoms with Crippen LogP contribution in [0, 0.1) is 6.92 Å². The average Bonchev–Trinajstić information content (AvgIpc) is 2.57. The van der Waals surface area contributed by atoms with E-state index in [0.29, 0.717) is 9.27 Å². The lowest BCUT2D eigenvalue weighted by atomic mass is 10.1. The van der Waals surface area contributed by atoms with Gasteiger partial charge in [-0.05, 0) is 31.0 Å². The van der Waals surface area contributed by atoms with Gasteiger partial charge in [-0.3, -0.25) is 0 Å². The van der Waals surface area contributed by atoms with Crippen LogP contribution in [0.5, 0.6) is 0 Å². The molecule has 1 heterocycles. The number of alkyl halides is 3. The first-order valence-corrected chi connectivity index (χ1v) is 12.0. The molecule has 0 aromatic heterocycles. The van der Waals surface area contributed by atoms with Crippen molar-refractivity contribution in [2.45, 2.75) is 33.3 Å². The third-order valence-electron chi connectivity index (χ3n) is 4.38. The quantitative estimate of drug-likeness (QED) is 0.642. The minimum absolute atomic E-state index is 0.0433. The molecule has 0 amide bonds. The SMILES string of the molecule is Cc1ccc(S(=O)(=O)N2[C@H](C(Cl)(Cl)Cl)[C@@H](Cc3ccccc3)S2(=O)=O)cc1. The molecule has 3 rings (SSSR count). The van der Waals surface area contributed by atoms with E-state index >= 15 is 0 Å². The molecule has 10 heteroatoms. The third-order valence-corrected chi connectivity index (χ3v) is 9.75. The second kappa shape index (κ2) is 7.21. The highest BCUT2D eigenvalue weighted by molar-refractivity contribution is 8.05. The summed E-state index contributed by atoms with van der Waals surface area (Å²) in [4.78, 5) is -0.172. The Hall–Kier alpha value is -0.830. The van der Waals surface area contributed by atoms with Gasteiger partial charge in [-0.25, -0.2) is 16.8 Å². The van der Waals surface area contributed by atoms with Gasteiger partial charge >= 0.3 is 0 Å². The van der Waals surface area contributed by atoms with Gasteiger partial charge in [0.05, 0.1) is 4.90 Å². The highest BCUT2D eigenvalue weighted by Crippen LogP contribution is 2.48. The molecule has 1 saturated heterocycles. The molecule has 0 radical (unpaired) electrons. The van der Waals surface area contributed by atoms with E-state index in [1.54, 1.807) is 49.4 Å². The maximum absolute atomic E-state index is 13.0. The number of benzene rings is 2. The van der Waals surface area contributed by atoms with Crippen molar-refractivity contribution in [3.63, 3.8) is 0 Å². The molecule has 1 aliphatic heterocycles. The number of rotatable bonds is 4. The summed E-state index contributed by atoms with van der Waals surface area (Å²) in [6.45, 7) is 1.79. The van der Waals surface area contributed by atoms with Crippen molar-refractivity contribution in [3.8, 4) is 0 Å². The molecule has 0 unspecified atom stereocenters. The van der Waals surface area contributed by atoms with Crippen LogP contribution in [0.2, 0.25) is 0 Å². The predicted molar refractivity (Wildman–Crippen MR) is 107 cm³/mol. The maximum Gasteiger partial charge on any atom is 0.256 e. The summed E-state index contributed by atoms with van der Waals surface area (Å²) in [6.07, 6.45) is 0.0433. The van der Waals surface area contributed by atoms with Crippen molar-refractivity contribution in [3.05, 3.63) is 65.7 Å². The summed E-state index contributed by atoms with van der Waals surface area (Å²) < 4.78 is 49.9. The fraction of sp³-hybridized carbons (Fsp3) is 0.294. The molecule has 0 N–H and O–H groups in total. The normalized spacial score (nSPS) is 23.0. The number of hydrogen-bond donors (Lipinski definition) is 0. The molecule has 2 aromatic carbocycles. The maximum atomic E-state index is 13.0. The number of nitrogens with zero attached hydrogens (tertiary/aromatic N) is 1. The Morgan fingerprint density at radius 2 is 1.56 bits per heavy atom. The van der Waals surface area contributed by atoms with E-state index in [0.717, 1.165) is 5.56 Å². The van der Waals surface area contributed by atoms with Crippen LogP contribution in [0.15, 0.2) is 59.5 Å². The van der Waals surface area contributed by atoms with Crippen LogP contribution in [0.1, 0.15) is 11.1 Å². The van der Waals surface area contributed by atoms with Crippen LogP contribution < -0.4 is 0 Å². The lowest BCUT2D eigenvalue weighted by Crippen LogP contribution is -2.70. The van der Waals surface area contributed by atoms with Crippen molar-refractivity contribution >= 4 is 54.8 Å². The van der Waals surface area contributed by atoms with Gasteiger partial charge in [0.25, 0.3) is 10.0 Å². The van der Waals surface area contributed by atoms with Crippen LogP contribution in [-0.2, 0) is 26.5 Å². The van der Waals surface area contributed by atoms with Crippen LogP contribution in [-0.4, -0.2) is 35.6 Å². The van der Waals surface area contributed by atoms with Gasteiger partial charge in [-0.15, -0.1) is 0 Å². The lowest BCUT2D eigenvalue weighted by Gasteiger charge is -2.48. The largest absolute Gasteiger partial charge is 0.256 e. The Bertz CT molecular complexity index is 1030.